The molecule has 3 aromatic heterocycles. The van der Waals surface area contributed by atoms with E-state index in [9.17, 15) is 4.79 Å². The lowest BCUT2D eigenvalue weighted by Crippen LogP contribution is -2.18. The van der Waals surface area contributed by atoms with E-state index < -0.39 is 0 Å². The fourth-order valence-electron chi connectivity index (χ4n) is 5.00. The number of benzene rings is 2. The molecule has 190 valence electrons. The van der Waals surface area contributed by atoms with Gasteiger partial charge >= 0.3 is 0 Å². The van der Waals surface area contributed by atoms with E-state index in [0.717, 1.165) is 69.7 Å². The molecule has 5 aromatic rings. The van der Waals surface area contributed by atoms with Crippen LogP contribution in [0.2, 0.25) is 5.02 Å². The van der Waals surface area contributed by atoms with E-state index in [1.165, 1.54) is 16.9 Å². The van der Waals surface area contributed by atoms with Crippen molar-refractivity contribution < 1.29 is 9.53 Å². The fourth-order valence-corrected chi connectivity index (χ4v) is 6.21. The van der Waals surface area contributed by atoms with Crippen LogP contribution < -0.4 is 10.2 Å². The van der Waals surface area contributed by atoms with Crippen molar-refractivity contribution in [2.24, 2.45) is 5.10 Å². The zero-order chi connectivity index (χ0) is 26.1. The largest absolute Gasteiger partial charge is 0.497 e. The summed E-state index contributed by atoms with van der Waals surface area (Å²) in [7, 11) is 1.63. The van der Waals surface area contributed by atoms with Crippen molar-refractivity contribution in [1.29, 1.82) is 0 Å². The maximum absolute atomic E-state index is 13.5. The van der Waals surface area contributed by atoms with Gasteiger partial charge in [0.15, 0.2) is 0 Å². The van der Waals surface area contributed by atoms with Crippen LogP contribution >= 0.6 is 22.9 Å². The van der Waals surface area contributed by atoms with Crippen LogP contribution in [-0.2, 0) is 12.8 Å². The Kier molecular flexibility index (Phi) is 6.70. The minimum Gasteiger partial charge on any atom is -0.497 e. The Balaban J connectivity index is 1.48. The predicted octanol–water partition coefficient (Wildman–Crippen LogP) is 7.06. The van der Waals surface area contributed by atoms with Crippen molar-refractivity contribution in [2.75, 3.05) is 7.11 Å². The van der Waals surface area contributed by atoms with Crippen LogP contribution in [-0.4, -0.2) is 28.8 Å². The third kappa shape index (κ3) is 4.59. The van der Waals surface area contributed by atoms with E-state index in [-0.39, 0.29) is 5.91 Å². The molecule has 38 heavy (non-hydrogen) atoms. The highest BCUT2D eigenvalue weighted by Crippen LogP contribution is 2.44. The van der Waals surface area contributed by atoms with Crippen LogP contribution in [0.4, 0.5) is 0 Å². The van der Waals surface area contributed by atoms with Gasteiger partial charge in [-0.05, 0) is 96.5 Å². The molecule has 8 heteroatoms. The first-order valence-electron chi connectivity index (χ1n) is 12.5. The first kappa shape index (κ1) is 24.4. The molecule has 0 unspecified atom stereocenters. The molecular formula is C30H25ClN4O2S. The van der Waals surface area contributed by atoms with Gasteiger partial charge in [-0.15, -0.1) is 11.3 Å². The topological polar surface area (TPSA) is 68.5 Å². The van der Waals surface area contributed by atoms with Crippen molar-refractivity contribution in [1.82, 2.24) is 15.0 Å². The number of carbonyl (C=O) groups is 1. The standard InChI is InChI=1S/C30H25ClN4O2S/c1-37-22-14-8-19(9-15-22)18-32-34-29(36)28-27(35-16-4-5-17-35)26-25(20-10-12-21(31)13-11-20)23-6-2-3-7-24(23)33-30(26)38-28/h4-5,8-18H,2-3,6-7H2,1H3,(H,34,36)/b32-18+. The van der Waals surface area contributed by atoms with Gasteiger partial charge in [-0.1, -0.05) is 23.7 Å². The average molecular weight is 541 g/mol. The third-order valence-corrected chi connectivity index (χ3v) is 8.11. The summed E-state index contributed by atoms with van der Waals surface area (Å²) in [5.41, 5.74) is 9.01. The average Bonchev–Trinajstić information content (AvgIpc) is 3.61. The molecule has 1 amide bonds. The normalized spacial score (nSPS) is 13.1. The Morgan fingerprint density at radius 1 is 1.08 bits per heavy atom. The highest BCUT2D eigenvalue weighted by Gasteiger charge is 2.27. The van der Waals surface area contributed by atoms with Crippen molar-refractivity contribution in [3.05, 3.63) is 99.8 Å². The molecular weight excluding hydrogens is 516 g/mol. The lowest BCUT2D eigenvalue weighted by molar-refractivity contribution is 0.0959. The number of pyridine rings is 1. The number of thiophene rings is 1. The molecule has 1 aliphatic carbocycles. The van der Waals surface area contributed by atoms with Gasteiger partial charge < -0.3 is 9.30 Å². The quantitative estimate of drug-likeness (QED) is 0.185. The molecule has 0 aliphatic heterocycles. The van der Waals surface area contributed by atoms with Gasteiger partial charge in [0, 0.05) is 28.5 Å². The summed E-state index contributed by atoms with van der Waals surface area (Å²) in [6.45, 7) is 0. The first-order valence-corrected chi connectivity index (χ1v) is 13.7. The molecule has 0 spiro atoms. The Hall–Kier alpha value is -3.94. The molecule has 0 saturated heterocycles. The first-order chi connectivity index (χ1) is 18.6. The number of rotatable bonds is 6. The predicted molar refractivity (Wildman–Crippen MR) is 154 cm³/mol. The lowest BCUT2D eigenvalue weighted by Gasteiger charge is -2.21. The van der Waals surface area contributed by atoms with Crippen LogP contribution in [0.5, 0.6) is 5.75 Å². The van der Waals surface area contributed by atoms with Gasteiger partial charge in [0.25, 0.3) is 5.91 Å². The summed E-state index contributed by atoms with van der Waals surface area (Å²) in [5.74, 6) is 0.487. The van der Waals surface area contributed by atoms with Crippen molar-refractivity contribution in [3.63, 3.8) is 0 Å². The molecule has 1 N–H and O–H groups in total. The molecule has 6 nitrogen and oxygen atoms in total. The van der Waals surface area contributed by atoms with E-state index in [1.54, 1.807) is 13.3 Å². The zero-order valence-electron chi connectivity index (χ0n) is 20.8. The Bertz CT molecular complexity index is 1640. The number of hydrazone groups is 1. The van der Waals surface area contributed by atoms with Gasteiger partial charge in [-0.25, -0.2) is 10.4 Å². The number of hydrogen-bond acceptors (Lipinski definition) is 5. The van der Waals surface area contributed by atoms with Gasteiger partial charge in [-0.2, -0.15) is 5.10 Å². The van der Waals surface area contributed by atoms with E-state index in [1.807, 2.05) is 65.5 Å². The number of amides is 1. The summed E-state index contributed by atoms with van der Waals surface area (Å²) in [4.78, 5) is 20.0. The summed E-state index contributed by atoms with van der Waals surface area (Å²) in [5, 5.41) is 5.91. The summed E-state index contributed by atoms with van der Waals surface area (Å²) >= 11 is 7.65. The number of methoxy groups -OCH3 is 1. The van der Waals surface area contributed by atoms with Gasteiger partial charge in [0.05, 0.1) is 19.0 Å². The Morgan fingerprint density at radius 3 is 2.55 bits per heavy atom. The highest BCUT2D eigenvalue weighted by atomic mass is 35.5. The SMILES string of the molecule is COc1ccc(/C=N/NC(=O)c2sc3nc4c(c(-c5ccc(Cl)cc5)c3c2-n2cccc2)CCCC4)cc1. The second-order valence-electron chi connectivity index (χ2n) is 9.15. The number of hydrogen-bond donors (Lipinski definition) is 1. The van der Waals surface area contributed by atoms with Gasteiger partial charge in [-0.3, -0.25) is 4.79 Å². The van der Waals surface area contributed by atoms with Crippen LogP contribution in [0.25, 0.3) is 27.0 Å². The molecule has 0 atom stereocenters. The molecule has 0 radical (unpaired) electrons. The summed E-state index contributed by atoms with van der Waals surface area (Å²) < 4.78 is 7.20. The number of aromatic nitrogens is 2. The number of aryl methyl sites for hydroxylation is 1. The van der Waals surface area contributed by atoms with E-state index in [0.29, 0.717) is 9.90 Å². The smallest absolute Gasteiger partial charge is 0.283 e. The Morgan fingerprint density at radius 2 is 1.82 bits per heavy atom. The maximum atomic E-state index is 13.5. The minimum atomic E-state index is -0.276. The maximum Gasteiger partial charge on any atom is 0.283 e. The minimum absolute atomic E-state index is 0.276. The number of nitrogens with zero attached hydrogens (tertiary/aromatic N) is 3. The number of carbonyl (C=O) groups excluding carboxylic acids is 1. The number of nitrogens with one attached hydrogen (secondary N) is 1. The monoisotopic (exact) mass is 540 g/mol. The van der Waals surface area contributed by atoms with E-state index in [2.05, 4.69) is 22.7 Å². The van der Waals surface area contributed by atoms with Crippen LogP contribution in [0.3, 0.4) is 0 Å². The highest BCUT2D eigenvalue weighted by molar-refractivity contribution is 7.21. The zero-order valence-corrected chi connectivity index (χ0v) is 22.4. The van der Waals surface area contributed by atoms with Crippen molar-refractivity contribution >= 4 is 45.3 Å². The summed E-state index contributed by atoms with van der Waals surface area (Å²) in [6, 6.07) is 19.3. The second-order valence-corrected chi connectivity index (χ2v) is 10.6. The molecule has 1 aliphatic rings. The van der Waals surface area contributed by atoms with Gasteiger partial charge in [0.1, 0.15) is 15.5 Å². The van der Waals surface area contributed by atoms with E-state index in [4.69, 9.17) is 21.3 Å². The summed E-state index contributed by atoms with van der Waals surface area (Å²) in [6.07, 6.45) is 9.69. The molecule has 2 aromatic carbocycles. The van der Waals surface area contributed by atoms with Crippen LogP contribution in [0.1, 0.15) is 39.3 Å². The molecule has 6 rings (SSSR count). The van der Waals surface area contributed by atoms with Crippen LogP contribution in [0.15, 0.2) is 78.2 Å². The molecule has 0 saturated carbocycles. The van der Waals surface area contributed by atoms with E-state index >= 15 is 0 Å². The van der Waals surface area contributed by atoms with Crippen molar-refractivity contribution in [2.45, 2.75) is 25.7 Å². The van der Waals surface area contributed by atoms with Crippen molar-refractivity contribution in [3.8, 4) is 22.6 Å². The second kappa shape index (κ2) is 10.4. The molecule has 0 bridgehead atoms. The fraction of sp³-hybridized carbons (Fsp3) is 0.167. The lowest BCUT2D eigenvalue weighted by atomic mass is 9.87. The number of ether oxygens (including phenoxy) is 1. The number of halogens is 1. The third-order valence-electron chi connectivity index (χ3n) is 6.79. The Labute approximate surface area is 229 Å². The number of fused-ring (bicyclic) bond motifs is 2. The molecule has 0 fully saturated rings. The van der Waals surface area contributed by atoms with Crippen LogP contribution in [0, 0.1) is 0 Å². The van der Waals surface area contributed by atoms with Gasteiger partial charge in [0.2, 0.25) is 0 Å². The molecule has 3 heterocycles.